The van der Waals surface area contributed by atoms with E-state index in [1.54, 1.807) is 29.2 Å². The van der Waals surface area contributed by atoms with Gasteiger partial charge in [0, 0.05) is 32.0 Å². The number of nitrogens with zero attached hydrogens (tertiary/aromatic N) is 2. The Morgan fingerprint density at radius 3 is 2.05 bits per heavy atom. The van der Waals surface area contributed by atoms with Crippen LogP contribution in [0.2, 0.25) is 0 Å². The Hall–Kier alpha value is -4.26. The van der Waals surface area contributed by atoms with Crippen LogP contribution in [-0.2, 0) is 22.6 Å². The zero-order valence-electron chi connectivity index (χ0n) is 22.7. The van der Waals surface area contributed by atoms with Crippen LogP contribution < -0.4 is 5.32 Å². The molecule has 1 unspecified atom stereocenters. The lowest BCUT2D eigenvalue weighted by Gasteiger charge is -2.32. The van der Waals surface area contributed by atoms with Crippen molar-refractivity contribution in [2.45, 2.75) is 58.7 Å². The quantitative estimate of drug-likeness (QED) is 0.373. The van der Waals surface area contributed by atoms with Gasteiger partial charge in [-0.25, -0.2) is 0 Å². The smallest absolute Gasteiger partial charge is 0.261 e. The van der Waals surface area contributed by atoms with Crippen molar-refractivity contribution >= 4 is 23.6 Å². The summed E-state index contributed by atoms with van der Waals surface area (Å²) < 4.78 is 0. The summed E-state index contributed by atoms with van der Waals surface area (Å²) in [4.78, 5) is 55.6. The van der Waals surface area contributed by atoms with E-state index in [0.29, 0.717) is 24.0 Å². The third-order valence-corrected chi connectivity index (χ3v) is 6.95. The van der Waals surface area contributed by atoms with Gasteiger partial charge in [-0.1, -0.05) is 66.7 Å². The Balaban J connectivity index is 1.55. The average molecular weight is 526 g/mol. The van der Waals surface area contributed by atoms with E-state index in [1.807, 2.05) is 75.4 Å². The molecule has 1 aliphatic rings. The number of fused-ring (bicyclic) bond motifs is 1. The molecule has 202 valence electrons. The molecule has 1 aliphatic heterocycles. The molecule has 0 saturated heterocycles. The third kappa shape index (κ3) is 6.60. The monoisotopic (exact) mass is 525 g/mol. The number of rotatable bonds is 11. The number of carbonyl (C=O) groups excluding carboxylic acids is 4. The lowest BCUT2D eigenvalue weighted by atomic mass is 10.0. The van der Waals surface area contributed by atoms with Gasteiger partial charge in [0.25, 0.3) is 11.8 Å². The van der Waals surface area contributed by atoms with Gasteiger partial charge in [-0.3, -0.25) is 24.1 Å². The van der Waals surface area contributed by atoms with Gasteiger partial charge in [-0.15, -0.1) is 0 Å². The summed E-state index contributed by atoms with van der Waals surface area (Å²) >= 11 is 0. The van der Waals surface area contributed by atoms with E-state index in [-0.39, 0.29) is 49.2 Å². The van der Waals surface area contributed by atoms with Crippen LogP contribution in [-0.4, -0.2) is 52.1 Å². The van der Waals surface area contributed by atoms with Gasteiger partial charge in [0.05, 0.1) is 11.1 Å². The molecule has 7 heteroatoms. The van der Waals surface area contributed by atoms with E-state index in [9.17, 15) is 19.2 Å². The number of hydrogen-bond donors (Lipinski definition) is 1. The summed E-state index contributed by atoms with van der Waals surface area (Å²) in [6.45, 7) is 6.19. The van der Waals surface area contributed by atoms with Crippen LogP contribution in [0.25, 0.3) is 0 Å². The Morgan fingerprint density at radius 1 is 0.846 bits per heavy atom. The summed E-state index contributed by atoms with van der Waals surface area (Å²) in [5, 5.41) is 2.99. The maximum Gasteiger partial charge on any atom is 0.261 e. The first kappa shape index (κ1) is 27.8. The van der Waals surface area contributed by atoms with Crippen molar-refractivity contribution in [3.8, 4) is 0 Å². The molecule has 7 nitrogen and oxygen atoms in total. The van der Waals surface area contributed by atoms with Crippen LogP contribution in [0.5, 0.6) is 0 Å². The normalized spacial score (nSPS) is 13.4. The summed E-state index contributed by atoms with van der Waals surface area (Å²) in [5.41, 5.74) is 3.73. The minimum atomic E-state index is -0.721. The Morgan fingerprint density at radius 2 is 1.44 bits per heavy atom. The molecule has 3 aromatic rings. The fourth-order valence-electron chi connectivity index (χ4n) is 4.88. The van der Waals surface area contributed by atoms with Crippen molar-refractivity contribution in [2.24, 2.45) is 0 Å². The number of nitrogens with one attached hydrogen (secondary N) is 1. The van der Waals surface area contributed by atoms with E-state index >= 15 is 0 Å². The summed E-state index contributed by atoms with van der Waals surface area (Å²) in [7, 11) is 0. The molecule has 1 atom stereocenters. The molecule has 0 radical (unpaired) electrons. The average Bonchev–Trinajstić information content (AvgIpc) is 3.16. The van der Waals surface area contributed by atoms with Gasteiger partial charge in [-0.05, 0) is 56.0 Å². The Bertz CT molecular complexity index is 1320. The lowest BCUT2D eigenvalue weighted by Crippen LogP contribution is -2.52. The zero-order chi connectivity index (χ0) is 27.9. The van der Waals surface area contributed by atoms with Gasteiger partial charge in [-0.2, -0.15) is 0 Å². The van der Waals surface area contributed by atoms with E-state index in [4.69, 9.17) is 0 Å². The molecule has 0 fully saturated rings. The zero-order valence-corrected chi connectivity index (χ0v) is 22.7. The van der Waals surface area contributed by atoms with Crippen LogP contribution in [0.3, 0.4) is 0 Å². The molecule has 39 heavy (non-hydrogen) atoms. The van der Waals surface area contributed by atoms with Crippen LogP contribution in [0, 0.1) is 6.92 Å². The SMILES string of the molecule is Cc1ccccc1CN(C(=O)CCCN1C(=O)c2ccccc2C1=O)C(Cc1ccccc1)C(=O)NC(C)C. The molecule has 0 spiro atoms. The first-order chi connectivity index (χ1) is 18.8. The molecule has 4 amide bonds. The van der Waals surface area contributed by atoms with Gasteiger partial charge in [0.1, 0.15) is 6.04 Å². The van der Waals surface area contributed by atoms with E-state index < -0.39 is 6.04 Å². The third-order valence-electron chi connectivity index (χ3n) is 6.95. The van der Waals surface area contributed by atoms with Crippen LogP contribution in [0.1, 0.15) is 64.1 Å². The second-order valence-corrected chi connectivity index (χ2v) is 10.2. The summed E-state index contributed by atoms with van der Waals surface area (Å²) in [5.74, 6) is -1.08. The van der Waals surface area contributed by atoms with Crippen molar-refractivity contribution in [2.75, 3.05) is 6.54 Å². The van der Waals surface area contributed by atoms with E-state index in [1.165, 1.54) is 4.90 Å². The molecular weight excluding hydrogens is 490 g/mol. The first-order valence-electron chi connectivity index (χ1n) is 13.4. The Kier molecular flexibility index (Phi) is 8.92. The molecule has 0 saturated carbocycles. The first-order valence-corrected chi connectivity index (χ1v) is 13.4. The minimum Gasteiger partial charge on any atom is -0.352 e. The van der Waals surface area contributed by atoms with Crippen LogP contribution in [0.4, 0.5) is 0 Å². The molecule has 3 aromatic carbocycles. The predicted octanol–water partition coefficient (Wildman–Crippen LogP) is 4.54. The number of benzene rings is 3. The number of carbonyl (C=O) groups is 4. The van der Waals surface area contributed by atoms with E-state index in [2.05, 4.69) is 5.32 Å². The molecular formula is C32H35N3O4. The fraction of sp³-hybridized carbons (Fsp3) is 0.312. The highest BCUT2D eigenvalue weighted by molar-refractivity contribution is 6.21. The molecule has 0 aromatic heterocycles. The largest absolute Gasteiger partial charge is 0.352 e. The second kappa shape index (κ2) is 12.5. The lowest BCUT2D eigenvalue weighted by molar-refractivity contribution is -0.141. The van der Waals surface area contributed by atoms with Gasteiger partial charge < -0.3 is 10.2 Å². The second-order valence-electron chi connectivity index (χ2n) is 10.2. The van der Waals surface area contributed by atoms with Gasteiger partial charge >= 0.3 is 0 Å². The standard InChI is InChI=1S/C32H35N3O4/c1-22(2)33-30(37)28(20-24-13-5-4-6-14-24)35(21-25-15-8-7-12-23(25)3)29(36)18-11-19-34-31(38)26-16-9-10-17-27(26)32(34)39/h4-10,12-17,22,28H,11,18-21H2,1-3H3,(H,33,37). The highest BCUT2D eigenvalue weighted by Crippen LogP contribution is 2.23. The van der Waals surface area contributed by atoms with Gasteiger partial charge in [0.15, 0.2) is 0 Å². The molecule has 0 bridgehead atoms. The van der Waals surface area contributed by atoms with Crippen molar-refractivity contribution in [1.29, 1.82) is 0 Å². The summed E-state index contributed by atoms with van der Waals surface area (Å²) in [6.07, 6.45) is 0.771. The van der Waals surface area contributed by atoms with Crippen LogP contribution in [0.15, 0.2) is 78.9 Å². The Labute approximate surface area is 229 Å². The van der Waals surface area contributed by atoms with Crippen molar-refractivity contribution in [3.63, 3.8) is 0 Å². The number of hydrogen-bond acceptors (Lipinski definition) is 4. The molecule has 1 heterocycles. The number of aryl methyl sites for hydroxylation is 1. The molecule has 1 N–H and O–H groups in total. The van der Waals surface area contributed by atoms with Gasteiger partial charge in [0.2, 0.25) is 11.8 Å². The predicted molar refractivity (Wildman–Crippen MR) is 150 cm³/mol. The van der Waals surface area contributed by atoms with Crippen LogP contribution >= 0.6 is 0 Å². The van der Waals surface area contributed by atoms with Crippen molar-refractivity contribution in [1.82, 2.24) is 15.1 Å². The van der Waals surface area contributed by atoms with E-state index in [0.717, 1.165) is 16.7 Å². The maximum atomic E-state index is 13.8. The summed E-state index contributed by atoms with van der Waals surface area (Å²) in [6, 6.07) is 23.4. The minimum absolute atomic E-state index is 0.0833. The number of amides is 4. The van der Waals surface area contributed by atoms with Crippen molar-refractivity contribution in [3.05, 3.63) is 107 Å². The number of imide groups is 1. The highest BCUT2D eigenvalue weighted by Gasteiger charge is 2.35. The highest BCUT2D eigenvalue weighted by atomic mass is 16.2. The molecule has 4 rings (SSSR count). The fourth-order valence-corrected chi connectivity index (χ4v) is 4.88. The molecule has 0 aliphatic carbocycles. The van der Waals surface area contributed by atoms with Crippen molar-refractivity contribution < 1.29 is 19.2 Å². The topological polar surface area (TPSA) is 86.8 Å². The maximum absolute atomic E-state index is 13.8.